The van der Waals surface area contributed by atoms with Gasteiger partial charge >= 0.3 is 5.97 Å². The van der Waals surface area contributed by atoms with Gasteiger partial charge in [-0.2, -0.15) is 0 Å². The van der Waals surface area contributed by atoms with E-state index in [1.165, 1.54) is 35.1 Å². The third-order valence-corrected chi connectivity index (χ3v) is 5.42. The zero-order chi connectivity index (χ0) is 19.3. The van der Waals surface area contributed by atoms with Gasteiger partial charge < -0.3 is 16.2 Å². The van der Waals surface area contributed by atoms with E-state index >= 15 is 0 Å². The Kier molecular flexibility index (Phi) is 6.30. The molecule has 0 aliphatic heterocycles. The molecule has 0 bridgehead atoms. The Morgan fingerprint density at radius 1 is 0.926 bits per heavy atom. The zero-order valence-corrected chi connectivity index (χ0v) is 16.1. The average Bonchev–Trinajstić information content (AvgIpc) is 3.00. The number of carbonyl (C=O) groups excluding carboxylic acids is 1. The van der Waals surface area contributed by atoms with Crippen LogP contribution in [0.15, 0.2) is 48.5 Å². The molecular weight excluding hydrogens is 336 g/mol. The van der Waals surface area contributed by atoms with Crippen molar-refractivity contribution in [1.82, 2.24) is 0 Å². The number of carbonyl (C=O) groups is 1. The second-order valence-corrected chi connectivity index (χ2v) is 7.53. The molecule has 3 rings (SSSR count). The van der Waals surface area contributed by atoms with Crippen molar-refractivity contribution in [1.29, 1.82) is 0 Å². The summed E-state index contributed by atoms with van der Waals surface area (Å²) in [6.07, 6.45) is 5.87. The number of fused-ring (bicyclic) bond motifs is 3. The summed E-state index contributed by atoms with van der Waals surface area (Å²) in [7, 11) is 0. The van der Waals surface area contributed by atoms with Crippen LogP contribution in [0.2, 0.25) is 0 Å². The lowest BCUT2D eigenvalue weighted by Gasteiger charge is -2.24. The van der Waals surface area contributed by atoms with Crippen molar-refractivity contribution in [3.63, 3.8) is 0 Å². The number of benzene rings is 2. The standard InChI is InChI=1S/C23H30N2O2/c1-2-3-4-5-10-15-23(24,25)22(26)27-16-21-19-13-8-6-11-17(19)18-12-7-9-14-20(18)21/h6-9,11-14,21H,2-5,10,15-16,24-25H2,1H3. The van der Waals surface area contributed by atoms with Crippen LogP contribution >= 0.6 is 0 Å². The molecule has 144 valence electrons. The predicted octanol–water partition coefficient (Wildman–Crippen LogP) is 4.32. The van der Waals surface area contributed by atoms with Crippen LogP contribution in [-0.4, -0.2) is 18.2 Å². The maximum Gasteiger partial charge on any atom is 0.340 e. The number of hydrogen-bond acceptors (Lipinski definition) is 4. The minimum absolute atomic E-state index is 0.0294. The van der Waals surface area contributed by atoms with Crippen molar-refractivity contribution in [2.45, 2.75) is 57.0 Å². The summed E-state index contributed by atoms with van der Waals surface area (Å²) >= 11 is 0. The summed E-state index contributed by atoms with van der Waals surface area (Å²) in [4.78, 5) is 12.5. The van der Waals surface area contributed by atoms with E-state index in [-0.39, 0.29) is 12.5 Å². The molecule has 0 saturated carbocycles. The SMILES string of the molecule is CCCCCCCC(N)(N)C(=O)OCC1c2ccccc2-c2ccccc21. The lowest BCUT2D eigenvalue weighted by atomic mass is 9.98. The molecule has 4 N–H and O–H groups in total. The molecular formula is C23H30N2O2. The maximum atomic E-state index is 12.5. The van der Waals surface area contributed by atoms with Gasteiger partial charge in [0.2, 0.25) is 0 Å². The quantitative estimate of drug-likeness (QED) is 0.394. The minimum atomic E-state index is -1.41. The number of nitrogens with two attached hydrogens (primary N) is 2. The molecule has 0 spiro atoms. The number of hydrogen-bond donors (Lipinski definition) is 2. The van der Waals surface area contributed by atoms with Crippen molar-refractivity contribution in [2.24, 2.45) is 11.5 Å². The zero-order valence-electron chi connectivity index (χ0n) is 16.1. The van der Waals surface area contributed by atoms with Gasteiger partial charge in [0, 0.05) is 5.92 Å². The topological polar surface area (TPSA) is 78.3 Å². The van der Waals surface area contributed by atoms with Crippen LogP contribution in [0.25, 0.3) is 11.1 Å². The van der Waals surface area contributed by atoms with Crippen molar-refractivity contribution in [3.8, 4) is 11.1 Å². The molecule has 0 fully saturated rings. The molecule has 1 aliphatic rings. The number of ether oxygens (including phenoxy) is 1. The Hall–Kier alpha value is -2.17. The van der Waals surface area contributed by atoms with E-state index in [4.69, 9.17) is 16.2 Å². The van der Waals surface area contributed by atoms with E-state index < -0.39 is 11.6 Å². The molecule has 2 aromatic rings. The summed E-state index contributed by atoms with van der Waals surface area (Å²) in [6, 6.07) is 16.5. The highest BCUT2D eigenvalue weighted by atomic mass is 16.5. The second kappa shape index (κ2) is 8.68. The summed E-state index contributed by atoms with van der Waals surface area (Å²) in [6.45, 7) is 2.44. The van der Waals surface area contributed by atoms with E-state index in [0.29, 0.717) is 6.42 Å². The highest BCUT2D eigenvalue weighted by Crippen LogP contribution is 2.44. The first-order valence-corrected chi connectivity index (χ1v) is 9.98. The van der Waals surface area contributed by atoms with Crippen LogP contribution in [0, 0.1) is 0 Å². The molecule has 2 aromatic carbocycles. The molecule has 27 heavy (non-hydrogen) atoms. The van der Waals surface area contributed by atoms with Gasteiger partial charge in [0.15, 0.2) is 5.66 Å². The second-order valence-electron chi connectivity index (χ2n) is 7.53. The highest BCUT2D eigenvalue weighted by molar-refractivity contribution is 5.81. The van der Waals surface area contributed by atoms with E-state index in [2.05, 4.69) is 31.2 Å². The van der Waals surface area contributed by atoms with Gasteiger partial charge in [-0.3, -0.25) is 0 Å². The fourth-order valence-electron chi connectivity index (χ4n) is 3.86. The third-order valence-electron chi connectivity index (χ3n) is 5.42. The van der Waals surface area contributed by atoms with Gasteiger partial charge in [-0.1, -0.05) is 81.1 Å². The van der Waals surface area contributed by atoms with Crippen LogP contribution in [0.1, 0.15) is 62.5 Å². The predicted molar refractivity (Wildman–Crippen MR) is 109 cm³/mol. The van der Waals surface area contributed by atoms with Crippen LogP contribution in [-0.2, 0) is 9.53 Å². The number of esters is 1. The number of rotatable bonds is 9. The van der Waals surface area contributed by atoms with Crippen molar-refractivity contribution < 1.29 is 9.53 Å². The molecule has 0 atom stereocenters. The molecule has 4 heteroatoms. The van der Waals surface area contributed by atoms with Crippen LogP contribution in [0.4, 0.5) is 0 Å². The summed E-state index contributed by atoms with van der Waals surface area (Å²) in [5.41, 5.74) is 15.5. The normalized spacial score (nSPS) is 13.3. The fraction of sp³-hybridized carbons (Fsp3) is 0.435. The Bertz CT molecular complexity index is 740. The van der Waals surface area contributed by atoms with Gasteiger partial charge in [0.05, 0.1) is 0 Å². The summed E-state index contributed by atoms with van der Waals surface area (Å²) in [5.74, 6) is -0.485. The maximum absolute atomic E-state index is 12.5. The Balaban J connectivity index is 1.62. The van der Waals surface area contributed by atoms with Crippen LogP contribution in [0.5, 0.6) is 0 Å². The molecule has 0 aromatic heterocycles. The minimum Gasteiger partial charge on any atom is -0.462 e. The lowest BCUT2D eigenvalue weighted by molar-refractivity contribution is -0.150. The van der Waals surface area contributed by atoms with E-state index in [1.807, 2.05) is 24.3 Å². The van der Waals surface area contributed by atoms with E-state index in [9.17, 15) is 4.79 Å². The molecule has 0 heterocycles. The molecule has 0 saturated heterocycles. The fourth-order valence-corrected chi connectivity index (χ4v) is 3.86. The molecule has 0 radical (unpaired) electrons. The average molecular weight is 367 g/mol. The Labute approximate surface area is 161 Å². The van der Waals surface area contributed by atoms with Crippen molar-refractivity contribution in [2.75, 3.05) is 6.61 Å². The largest absolute Gasteiger partial charge is 0.462 e. The van der Waals surface area contributed by atoms with Crippen LogP contribution < -0.4 is 11.5 Å². The van der Waals surface area contributed by atoms with Gasteiger partial charge in [-0.15, -0.1) is 0 Å². The van der Waals surface area contributed by atoms with Gasteiger partial charge in [0.25, 0.3) is 0 Å². The first-order chi connectivity index (χ1) is 13.0. The summed E-state index contributed by atoms with van der Waals surface area (Å²) < 4.78 is 5.59. The smallest absolute Gasteiger partial charge is 0.340 e. The molecule has 1 aliphatic carbocycles. The van der Waals surface area contributed by atoms with Gasteiger partial charge in [-0.05, 0) is 35.1 Å². The van der Waals surface area contributed by atoms with E-state index in [1.54, 1.807) is 0 Å². The Morgan fingerprint density at radius 3 is 2.07 bits per heavy atom. The monoisotopic (exact) mass is 366 g/mol. The van der Waals surface area contributed by atoms with E-state index in [0.717, 1.165) is 19.3 Å². The van der Waals surface area contributed by atoms with Crippen molar-refractivity contribution in [3.05, 3.63) is 59.7 Å². The summed E-state index contributed by atoms with van der Waals surface area (Å²) in [5, 5.41) is 0. The first-order valence-electron chi connectivity index (χ1n) is 9.98. The molecule has 0 amide bonds. The highest BCUT2D eigenvalue weighted by Gasteiger charge is 2.33. The third kappa shape index (κ3) is 4.40. The van der Waals surface area contributed by atoms with Crippen molar-refractivity contribution >= 4 is 5.97 Å². The van der Waals surface area contributed by atoms with Gasteiger partial charge in [-0.25, -0.2) is 4.79 Å². The van der Waals surface area contributed by atoms with Gasteiger partial charge in [0.1, 0.15) is 6.61 Å². The molecule has 0 unspecified atom stereocenters. The molecule has 4 nitrogen and oxygen atoms in total. The Morgan fingerprint density at radius 2 is 1.48 bits per heavy atom. The lowest BCUT2D eigenvalue weighted by Crippen LogP contribution is -2.57. The van der Waals surface area contributed by atoms with Crippen LogP contribution in [0.3, 0.4) is 0 Å². The first kappa shape index (κ1) is 19.6. The number of unbranched alkanes of at least 4 members (excludes halogenated alkanes) is 4.